The fourth-order valence-corrected chi connectivity index (χ4v) is 4.57. The summed E-state index contributed by atoms with van der Waals surface area (Å²) >= 11 is 17.2. The number of halogens is 2. The molecule has 0 radical (unpaired) electrons. The summed E-state index contributed by atoms with van der Waals surface area (Å²) in [7, 11) is -3.51. The summed E-state index contributed by atoms with van der Waals surface area (Å²) in [5, 5.41) is 7.49. The van der Waals surface area contributed by atoms with Crippen molar-refractivity contribution in [3.8, 4) is 0 Å². The first-order valence-corrected chi connectivity index (χ1v) is 11.1. The molecule has 28 heavy (non-hydrogen) atoms. The summed E-state index contributed by atoms with van der Waals surface area (Å²) in [6, 6.07) is 11.8. The molecule has 0 aromatic heterocycles. The quantitative estimate of drug-likeness (QED) is 0.666. The number of hydrogen-bond donors (Lipinski definition) is 2. The van der Waals surface area contributed by atoms with Crippen molar-refractivity contribution in [1.82, 2.24) is 9.62 Å². The lowest BCUT2D eigenvalue weighted by Crippen LogP contribution is -2.40. The van der Waals surface area contributed by atoms with E-state index < -0.39 is 10.0 Å². The van der Waals surface area contributed by atoms with Crippen LogP contribution in [0.5, 0.6) is 0 Å². The highest BCUT2D eigenvalue weighted by Crippen LogP contribution is 2.22. The predicted molar refractivity (Wildman–Crippen MR) is 116 cm³/mol. The maximum absolute atomic E-state index is 12.6. The second kappa shape index (κ2) is 9.39. The van der Waals surface area contributed by atoms with Crippen LogP contribution in [-0.2, 0) is 21.3 Å². The molecule has 2 aromatic rings. The molecule has 1 aliphatic rings. The zero-order valence-electron chi connectivity index (χ0n) is 14.8. The number of anilines is 1. The third-order valence-electron chi connectivity index (χ3n) is 4.16. The average Bonchev–Trinajstić information content (AvgIpc) is 2.70. The van der Waals surface area contributed by atoms with Gasteiger partial charge in [-0.3, -0.25) is 0 Å². The Labute approximate surface area is 179 Å². The maximum Gasteiger partial charge on any atom is 0.243 e. The molecule has 2 aromatic carbocycles. The Kier molecular flexibility index (Phi) is 7.14. The molecule has 0 spiro atoms. The van der Waals surface area contributed by atoms with Crippen LogP contribution in [0.2, 0.25) is 10.0 Å². The van der Waals surface area contributed by atoms with Gasteiger partial charge in [0.1, 0.15) is 0 Å². The maximum atomic E-state index is 12.6. The van der Waals surface area contributed by atoms with Gasteiger partial charge in [0, 0.05) is 25.3 Å². The summed E-state index contributed by atoms with van der Waals surface area (Å²) in [5.74, 6) is 0. The van der Waals surface area contributed by atoms with Crippen LogP contribution in [0.3, 0.4) is 0 Å². The number of benzene rings is 2. The number of nitrogens with one attached hydrogen (secondary N) is 2. The lowest BCUT2D eigenvalue weighted by atomic mass is 10.2. The van der Waals surface area contributed by atoms with Crippen LogP contribution in [0, 0.1) is 0 Å². The number of morpholine rings is 1. The topological polar surface area (TPSA) is 70.7 Å². The van der Waals surface area contributed by atoms with Gasteiger partial charge in [-0.05, 0) is 54.2 Å². The molecule has 1 saturated heterocycles. The van der Waals surface area contributed by atoms with Crippen molar-refractivity contribution in [3.05, 3.63) is 58.1 Å². The van der Waals surface area contributed by atoms with Crippen LogP contribution in [-0.4, -0.2) is 44.1 Å². The Bertz CT molecular complexity index is 947. The van der Waals surface area contributed by atoms with E-state index in [2.05, 4.69) is 10.6 Å². The predicted octanol–water partition coefficient (Wildman–Crippen LogP) is 3.50. The molecule has 2 N–H and O–H groups in total. The number of thiocarbonyl (C=S) groups is 1. The van der Waals surface area contributed by atoms with Gasteiger partial charge in [0.15, 0.2) is 5.11 Å². The van der Waals surface area contributed by atoms with Crippen LogP contribution in [0.25, 0.3) is 0 Å². The number of ether oxygens (including phenoxy) is 1. The van der Waals surface area contributed by atoms with E-state index in [1.165, 1.54) is 4.31 Å². The van der Waals surface area contributed by atoms with Crippen molar-refractivity contribution in [2.24, 2.45) is 0 Å². The molecule has 1 fully saturated rings. The molecular weight excluding hydrogens is 441 g/mol. The number of rotatable bonds is 5. The smallest absolute Gasteiger partial charge is 0.243 e. The first kappa shape index (κ1) is 21.3. The Hall–Kier alpha value is -1.42. The summed E-state index contributed by atoms with van der Waals surface area (Å²) < 4.78 is 31.9. The highest BCUT2D eigenvalue weighted by Gasteiger charge is 2.26. The zero-order chi connectivity index (χ0) is 20.1. The summed E-state index contributed by atoms with van der Waals surface area (Å²) in [5.41, 5.74) is 1.62. The summed E-state index contributed by atoms with van der Waals surface area (Å²) in [6.07, 6.45) is 0. The van der Waals surface area contributed by atoms with E-state index in [-0.39, 0.29) is 4.90 Å². The minimum absolute atomic E-state index is 0.245. The van der Waals surface area contributed by atoms with Crippen LogP contribution < -0.4 is 10.6 Å². The van der Waals surface area contributed by atoms with Crippen molar-refractivity contribution in [2.45, 2.75) is 11.4 Å². The third kappa shape index (κ3) is 5.34. The molecule has 1 heterocycles. The Balaban J connectivity index is 1.57. The Morgan fingerprint density at radius 1 is 1.07 bits per heavy atom. The van der Waals surface area contributed by atoms with E-state index in [1.54, 1.807) is 36.4 Å². The first-order chi connectivity index (χ1) is 13.4. The first-order valence-electron chi connectivity index (χ1n) is 8.53. The summed E-state index contributed by atoms with van der Waals surface area (Å²) in [4.78, 5) is 0.245. The number of sulfonamides is 1. The monoisotopic (exact) mass is 459 g/mol. The highest BCUT2D eigenvalue weighted by atomic mass is 35.5. The van der Waals surface area contributed by atoms with E-state index in [0.29, 0.717) is 53.7 Å². The van der Waals surface area contributed by atoms with Gasteiger partial charge < -0.3 is 15.4 Å². The average molecular weight is 460 g/mol. The molecule has 150 valence electrons. The van der Waals surface area contributed by atoms with Crippen molar-refractivity contribution >= 4 is 56.2 Å². The zero-order valence-corrected chi connectivity index (χ0v) is 18.0. The van der Waals surface area contributed by atoms with E-state index >= 15 is 0 Å². The van der Waals surface area contributed by atoms with Crippen molar-refractivity contribution in [1.29, 1.82) is 0 Å². The minimum Gasteiger partial charge on any atom is -0.379 e. The van der Waals surface area contributed by atoms with Gasteiger partial charge in [-0.1, -0.05) is 29.3 Å². The molecule has 0 amide bonds. The SMILES string of the molecule is O=S(=O)(c1ccc(NC(=S)NCc2ccc(Cl)c(Cl)c2)cc1)N1CCOCC1. The van der Waals surface area contributed by atoms with Crippen LogP contribution in [0.1, 0.15) is 5.56 Å². The Morgan fingerprint density at radius 3 is 2.39 bits per heavy atom. The van der Waals surface area contributed by atoms with Gasteiger partial charge in [-0.15, -0.1) is 0 Å². The normalized spacial score (nSPS) is 15.2. The van der Waals surface area contributed by atoms with Crippen molar-refractivity contribution < 1.29 is 13.2 Å². The van der Waals surface area contributed by atoms with Gasteiger partial charge in [0.2, 0.25) is 10.0 Å². The van der Waals surface area contributed by atoms with E-state index in [9.17, 15) is 8.42 Å². The highest BCUT2D eigenvalue weighted by molar-refractivity contribution is 7.89. The lowest BCUT2D eigenvalue weighted by Gasteiger charge is -2.26. The van der Waals surface area contributed by atoms with Gasteiger partial charge in [-0.25, -0.2) is 8.42 Å². The van der Waals surface area contributed by atoms with Crippen LogP contribution >= 0.6 is 35.4 Å². The van der Waals surface area contributed by atoms with Crippen molar-refractivity contribution in [2.75, 3.05) is 31.6 Å². The molecular formula is C18H19Cl2N3O3S2. The second-order valence-electron chi connectivity index (χ2n) is 6.10. The van der Waals surface area contributed by atoms with Gasteiger partial charge in [-0.2, -0.15) is 4.31 Å². The molecule has 0 aliphatic carbocycles. The standard InChI is InChI=1S/C18H19Cl2N3O3S2/c19-16-6-1-13(11-17(16)20)12-21-18(27)22-14-2-4-15(5-3-14)28(24,25)23-7-9-26-10-8-23/h1-6,11H,7-10,12H2,(H2,21,22,27). The Morgan fingerprint density at radius 2 is 1.75 bits per heavy atom. The van der Waals surface area contributed by atoms with Gasteiger partial charge in [0.25, 0.3) is 0 Å². The fourth-order valence-electron chi connectivity index (χ4n) is 2.65. The van der Waals surface area contributed by atoms with E-state index in [1.807, 2.05) is 6.07 Å². The van der Waals surface area contributed by atoms with Gasteiger partial charge in [0.05, 0.1) is 28.2 Å². The van der Waals surface area contributed by atoms with Crippen molar-refractivity contribution in [3.63, 3.8) is 0 Å². The van der Waals surface area contributed by atoms with Crippen LogP contribution in [0.4, 0.5) is 5.69 Å². The van der Waals surface area contributed by atoms with E-state index in [4.69, 9.17) is 40.2 Å². The second-order valence-corrected chi connectivity index (χ2v) is 9.26. The largest absolute Gasteiger partial charge is 0.379 e. The minimum atomic E-state index is -3.51. The number of hydrogen-bond acceptors (Lipinski definition) is 4. The molecule has 0 bridgehead atoms. The van der Waals surface area contributed by atoms with E-state index in [0.717, 1.165) is 5.56 Å². The molecule has 6 nitrogen and oxygen atoms in total. The fraction of sp³-hybridized carbons (Fsp3) is 0.278. The number of nitrogens with zero attached hydrogens (tertiary/aromatic N) is 1. The molecule has 0 unspecified atom stereocenters. The molecule has 3 rings (SSSR count). The molecule has 10 heteroatoms. The van der Waals surface area contributed by atoms with Crippen LogP contribution in [0.15, 0.2) is 47.4 Å². The summed E-state index contributed by atoms with van der Waals surface area (Å²) in [6.45, 7) is 2.04. The third-order valence-corrected chi connectivity index (χ3v) is 7.06. The molecule has 0 atom stereocenters. The lowest BCUT2D eigenvalue weighted by molar-refractivity contribution is 0.0730. The molecule has 0 saturated carbocycles. The van der Waals surface area contributed by atoms with Gasteiger partial charge >= 0.3 is 0 Å². The molecule has 1 aliphatic heterocycles.